The van der Waals surface area contributed by atoms with Gasteiger partial charge in [-0.2, -0.15) is 0 Å². The maximum absolute atomic E-state index is 10.9. The average molecular weight is 259 g/mol. The smallest absolute Gasteiger partial charge is 0.328 e. The Morgan fingerprint density at radius 2 is 1.82 bits per heavy atom. The Kier molecular flexibility index (Phi) is 4.86. The number of phosphoric acid groups is 1. The van der Waals surface area contributed by atoms with Crippen molar-refractivity contribution in [3.8, 4) is 0 Å². The van der Waals surface area contributed by atoms with E-state index in [-0.39, 0.29) is 12.5 Å². The van der Waals surface area contributed by atoms with Crippen LogP contribution in [0.25, 0.3) is 0 Å². The third-order valence-corrected chi connectivity index (χ3v) is 2.97. The maximum Gasteiger partial charge on any atom is 0.470 e. The van der Waals surface area contributed by atoms with Crippen LogP contribution in [0.1, 0.15) is 37.0 Å². The van der Waals surface area contributed by atoms with E-state index in [1.165, 1.54) is 0 Å². The second-order valence-electron chi connectivity index (χ2n) is 4.10. The fraction of sp³-hybridized carbons (Fsp3) is 0.455. The summed E-state index contributed by atoms with van der Waals surface area (Å²) in [6.07, 6.45) is -0.783. The lowest BCUT2D eigenvalue weighted by atomic mass is 9.94. The van der Waals surface area contributed by atoms with E-state index in [1.807, 2.05) is 26.0 Å². The first kappa shape index (κ1) is 14.4. The van der Waals surface area contributed by atoms with Crippen LogP contribution >= 0.6 is 7.82 Å². The van der Waals surface area contributed by atoms with Crippen molar-refractivity contribution < 1.29 is 18.9 Å². The van der Waals surface area contributed by atoms with E-state index in [2.05, 4.69) is 0 Å². The van der Waals surface area contributed by atoms with E-state index >= 15 is 0 Å². The predicted octanol–water partition coefficient (Wildman–Crippen LogP) is 1.92. The molecule has 17 heavy (non-hydrogen) atoms. The number of rotatable bonds is 5. The molecule has 5 nitrogen and oxygen atoms in total. The third-order valence-electron chi connectivity index (χ3n) is 2.44. The Morgan fingerprint density at radius 1 is 1.29 bits per heavy atom. The molecule has 0 aliphatic heterocycles. The van der Waals surface area contributed by atoms with Crippen LogP contribution in [0.2, 0.25) is 0 Å². The Hall–Kier alpha value is -0.710. The van der Waals surface area contributed by atoms with Crippen molar-refractivity contribution in [1.29, 1.82) is 0 Å². The molecule has 1 aromatic rings. The Morgan fingerprint density at radius 3 is 2.24 bits per heavy atom. The van der Waals surface area contributed by atoms with Crippen LogP contribution in [0, 0.1) is 0 Å². The normalized spacial score (nSPS) is 14.0. The first-order chi connectivity index (χ1) is 7.85. The molecule has 1 atom stereocenters. The van der Waals surface area contributed by atoms with E-state index in [1.54, 1.807) is 12.1 Å². The number of nitrogens with two attached hydrogens (primary N) is 1. The SMILES string of the molecule is CC(C)c1ccccc1C(CN)OP(=O)(O)O. The number of phosphoric ester groups is 1. The van der Waals surface area contributed by atoms with Crippen molar-refractivity contribution in [2.75, 3.05) is 6.54 Å². The van der Waals surface area contributed by atoms with Gasteiger partial charge >= 0.3 is 7.82 Å². The molecule has 1 unspecified atom stereocenters. The summed E-state index contributed by atoms with van der Waals surface area (Å²) in [5.74, 6) is 0.237. The summed E-state index contributed by atoms with van der Waals surface area (Å²) < 4.78 is 15.6. The first-order valence-electron chi connectivity index (χ1n) is 5.38. The average Bonchev–Trinajstić information content (AvgIpc) is 2.24. The largest absolute Gasteiger partial charge is 0.470 e. The molecule has 0 saturated carbocycles. The zero-order chi connectivity index (χ0) is 13.1. The van der Waals surface area contributed by atoms with Crippen molar-refractivity contribution >= 4 is 7.82 Å². The van der Waals surface area contributed by atoms with Crippen LogP contribution in [0.3, 0.4) is 0 Å². The molecule has 0 heterocycles. The van der Waals surface area contributed by atoms with E-state index in [4.69, 9.17) is 20.0 Å². The zero-order valence-electron chi connectivity index (χ0n) is 9.91. The number of hydrogen-bond donors (Lipinski definition) is 3. The highest BCUT2D eigenvalue weighted by Gasteiger charge is 2.24. The Bertz CT molecular complexity index is 416. The second kappa shape index (κ2) is 5.76. The van der Waals surface area contributed by atoms with E-state index < -0.39 is 13.9 Å². The van der Waals surface area contributed by atoms with Crippen molar-refractivity contribution in [3.05, 3.63) is 35.4 Å². The van der Waals surface area contributed by atoms with Crippen molar-refractivity contribution in [3.63, 3.8) is 0 Å². The molecule has 0 radical (unpaired) electrons. The molecule has 0 aliphatic rings. The van der Waals surface area contributed by atoms with Crippen LogP contribution in [-0.2, 0) is 9.09 Å². The van der Waals surface area contributed by atoms with Gasteiger partial charge in [-0.25, -0.2) is 4.57 Å². The lowest BCUT2D eigenvalue weighted by Gasteiger charge is -2.21. The number of benzene rings is 1. The Balaban J connectivity index is 3.07. The molecule has 4 N–H and O–H groups in total. The molecule has 0 fully saturated rings. The van der Waals surface area contributed by atoms with Crippen molar-refractivity contribution in [2.24, 2.45) is 5.73 Å². The fourth-order valence-corrected chi connectivity index (χ4v) is 2.25. The summed E-state index contributed by atoms with van der Waals surface area (Å²) in [6, 6.07) is 7.37. The van der Waals surface area contributed by atoms with Gasteiger partial charge in [-0.15, -0.1) is 0 Å². The van der Waals surface area contributed by atoms with Gasteiger partial charge in [-0.05, 0) is 17.0 Å². The molecule has 6 heteroatoms. The maximum atomic E-state index is 10.9. The van der Waals surface area contributed by atoms with Crippen LogP contribution in [0.4, 0.5) is 0 Å². The molecular weight excluding hydrogens is 241 g/mol. The van der Waals surface area contributed by atoms with Crippen LogP contribution in [-0.4, -0.2) is 16.3 Å². The molecule has 0 amide bonds. The standard InChI is InChI=1S/C11H18NO4P/c1-8(2)9-5-3-4-6-10(9)11(7-12)16-17(13,14)15/h3-6,8,11H,7,12H2,1-2H3,(H2,13,14,15). The summed E-state index contributed by atoms with van der Waals surface area (Å²) in [5, 5.41) is 0. The van der Waals surface area contributed by atoms with Crippen LogP contribution in [0.5, 0.6) is 0 Å². The van der Waals surface area contributed by atoms with Crippen molar-refractivity contribution in [2.45, 2.75) is 25.9 Å². The lowest BCUT2D eigenvalue weighted by molar-refractivity contribution is 0.138. The summed E-state index contributed by atoms with van der Waals surface area (Å²) in [5.41, 5.74) is 7.23. The zero-order valence-corrected chi connectivity index (χ0v) is 10.8. The first-order valence-corrected chi connectivity index (χ1v) is 6.91. The van der Waals surface area contributed by atoms with Crippen molar-refractivity contribution in [1.82, 2.24) is 0 Å². The van der Waals surface area contributed by atoms with E-state index in [9.17, 15) is 4.57 Å². The van der Waals surface area contributed by atoms with Gasteiger partial charge in [0, 0.05) is 6.54 Å². The molecule has 0 aliphatic carbocycles. The minimum absolute atomic E-state index is 0.0227. The van der Waals surface area contributed by atoms with Gasteiger partial charge in [0.15, 0.2) is 0 Å². The van der Waals surface area contributed by atoms with E-state index in [0.29, 0.717) is 0 Å². The quantitative estimate of drug-likeness (QED) is 0.702. The highest BCUT2D eigenvalue weighted by molar-refractivity contribution is 7.46. The second-order valence-corrected chi connectivity index (χ2v) is 5.30. The van der Waals surface area contributed by atoms with E-state index in [0.717, 1.165) is 11.1 Å². The lowest BCUT2D eigenvalue weighted by Crippen LogP contribution is -2.16. The summed E-state index contributed by atoms with van der Waals surface area (Å²) in [6.45, 7) is 4.03. The summed E-state index contributed by atoms with van der Waals surface area (Å²) in [4.78, 5) is 17.7. The summed E-state index contributed by atoms with van der Waals surface area (Å²) >= 11 is 0. The monoisotopic (exact) mass is 259 g/mol. The molecule has 1 aromatic carbocycles. The van der Waals surface area contributed by atoms with Gasteiger partial charge in [0.2, 0.25) is 0 Å². The highest BCUT2D eigenvalue weighted by atomic mass is 31.2. The van der Waals surface area contributed by atoms with Gasteiger partial charge < -0.3 is 15.5 Å². The minimum atomic E-state index is -4.53. The molecule has 0 saturated heterocycles. The molecule has 1 rings (SSSR count). The number of hydrogen-bond acceptors (Lipinski definition) is 3. The van der Waals surface area contributed by atoms with Gasteiger partial charge in [0.25, 0.3) is 0 Å². The van der Waals surface area contributed by atoms with Gasteiger partial charge in [-0.1, -0.05) is 38.1 Å². The van der Waals surface area contributed by atoms with Crippen LogP contribution in [0.15, 0.2) is 24.3 Å². The molecule has 0 bridgehead atoms. The summed E-state index contributed by atoms with van der Waals surface area (Å²) in [7, 11) is -4.53. The molecular formula is C11H18NO4P. The topological polar surface area (TPSA) is 92.8 Å². The minimum Gasteiger partial charge on any atom is -0.328 e. The molecule has 0 aromatic heterocycles. The predicted molar refractivity (Wildman–Crippen MR) is 65.5 cm³/mol. The molecule has 96 valence electrons. The third kappa shape index (κ3) is 4.22. The van der Waals surface area contributed by atoms with Gasteiger partial charge in [0.05, 0.1) is 0 Å². The van der Waals surface area contributed by atoms with Gasteiger partial charge in [-0.3, -0.25) is 4.52 Å². The van der Waals surface area contributed by atoms with Gasteiger partial charge in [0.1, 0.15) is 6.10 Å². The highest BCUT2D eigenvalue weighted by Crippen LogP contribution is 2.43. The fourth-order valence-electron chi connectivity index (χ4n) is 1.72. The molecule has 0 spiro atoms. The Labute approximate surface area is 101 Å². The van der Waals surface area contributed by atoms with Crippen LogP contribution < -0.4 is 5.73 Å².